The fourth-order valence-electron chi connectivity index (χ4n) is 1.79. The standard InChI is InChI=1S/C14H14ClN3O/c1-9(11-6-4-3-5-7-11)16-14-12(8-19)13(15)17-10(2)18-14/h3-9H,1-2H3,(H,16,17,18). The molecule has 1 atom stereocenters. The number of hydrogen-bond donors (Lipinski definition) is 1. The first-order chi connectivity index (χ1) is 9.11. The quantitative estimate of drug-likeness (QED) is 0.686. The van der Waals surface area contributed by atoms with E-state index in [1.165, 1.54) is 0 Å². The molecule has 1 N–H and O–H groups in total. The van der Waals surface area contributed by atoms with E-state index in [9.17, 15) is 4.79 Å². The molecule has 0 aliphatic rings. The van der Waals surface area contributed by atoms with Crippen LogP contribution < -0.4 is 5.32 Å². The maximum absolute atomic E-state index is 11.1. The van der Waals surface area contributed by atoms with Gasteiger partial charge < -0.3 is 5.32 Å². The molecule has 98 valence electrons. The number of carbonyl (C=O) groups excluding carboxylic acids is 1. The predicted octanol–water partition coefficient (Wildman–Crippen LogP) is 3.42. The number of rotatable bonds is 4. The van der Waals surface area contributed by atoms with Crippen molar-refractivity contribution in [2.75, 3.05) is 5.32 Å². The lowest BCUT2D eigenvalue weighted by molar-refractivity contribution is 0.112. The van der Waals surface area contributed by atoms with E-state index in [4.69, 9.17) is 11.6 Å². The van der Waals surface area contributed by atoms with Crippen molar-refractivity contribution in [2.24, 2.45) is 0 Å². The third kappa shape index (κ3) is 3.09. The van der Waals surface area contributed by atoms with Crippen molar-refractivity contribution in [1.29, 1.82) is 0 Å². The van der Waals surface area contributed by atoms with Gasteiger partial charge in [-0.1, -0.05) is 41.9 Å². The first-order valence-electron chi connectivity index (χ1n) is 5.92. The Balaban J connectivity index is 2.31. The molecule has 4 nitrogen and oxygen atoms in total. The number of aryl methyl sites for hydroxylation is 1. The summed E-state index contributed by atoms with van der Waals surface area (Å²) in [5.74, 6) is 0.988. The molecule has 0 spiro atoms. The van der Waals surface area contributed by atoms with E-state index < -0.39 is 0 Å². The normalized spacial score (nSPS) is 11.9. The van der Waals surface area contributed by atoms with Crippen molar-refractivity contribution < 1.29 is 4.79 Å². The van der Waals surface area contributed by atoms with Crippen LogP contribution in [0.5, 0.6) is 0 Å². The van der Waals surface area contributed by atoms with Crippen molar-refractivity contribution in [3.63, 3.8) is 0 Å². The van der Waals surface area contributed by atoms with Gasteiger partial charge in [0.2, 0.25) is 0 Å². The highest BCUT2D eigenvalue weighted by Gasteiger charge is 2.13. The van der Waals surface area contributed by atoms with Crippen molar-refractivity contribution in [3.8, 4) is 0 Å². The van der Waals surface area contributed by atoms with Gasteiger partial charge in [-0.3, -0.25) is 4.79 Å². The number of hydrogen-bond acceptors (Lipinski definition) is 4. The highest BCUT2D eigenvalue weighted by Crippen LogP contribution is 2.23. The number of benzene rings is 1. The zero-order valence-electron chi connectivity index (χ0n) is 10.7. The topological polar surface area (TPSA) is 54.9 Å². The third-order valence-electron chi connectivity index (χ3n) is 2.78. The Kier molecular flexibility index (Phi) is 4.12. The zero-order chi connectivity index (χ0) is 13.8. The maximum Gasteiger partial charge on any atom is 0.156 e. The van der Waals surface area contributed by atoms with Crippen LogP contribution in [0.2, 0.25) is 5.15 Å². The molecule has 1 aromatic carbocycles. The first kappa shape index (κ1) is 13.5. The molecule has 0 fully saturated rings. The zero-order valence-corrected chi connectivity index (χ0v) is 11.5. The summed E-state index contributed by atoms with van der Waals surface area (Å²) in [6.45, 7) is 3.73. The van der Waals surface area contributed by atoms with Gasteiger partial charge >= 0.3 is 0 Å². The number of halogens is 1. The first-order valence-corrected chi connectivity index (χ1v) is 6.30. The van der Waals surface area contributed by atoms with E-state index in [2.05, 4.69) is 15.3 Å². The van der Waals surface area contributed by atoms with E-state index in [0.717, 1.165) is 5.56 Å². The van der Waals surface area contributed by atoms with Gasteiger partial charge in [0.1, 0.15) is 16.8 Å². The van der Waals surface area contributed by atoms with E-state index in [-0.39, 0.29) is 16.8 Å². The van der Waals surface area contributed by atoms with Crippen molar-refractivity contribution >= 4 is 23.7 Å². The lowest BCUT2D eigenvalue weighted by Gasteiger charge is -2.16. The molecule has 0 aliphatic heterocycles. The van der Waals surface area contributed by atoms with E-state index in [1.54, 1.807) is 6.92 Å². The van der Waals surface area contributed by atoms with Crippen LogP contribution in [0.25, 0.3) is 0 Å². The van der Waals surface area contributed by atoms with E-state index in [0.29, 0.717) is 17.9 Å². The van der Waals surface area contributed by atoms with Crippen LogP contribution >= 0.6 is 11.6 Å². The summed E-state index contributed by atoms with van der Waals surface area (Å²) < 4.78 is 0. The van der Waals surface area contributed by atoms with Gasteiger partial charge in [-0.15, -0.1) is 0 Å². The van der Waals surface area contributed by atoms with Crippen LogP contribution in [-0.4, -0.2) is 16.3 Å². The number of anilines is 1. The Hall–Kier alpha value is -1.94. The van der Waals surface area contributed by atoms with E-state index >= 15 is 0 Å². The minimum absolute atomic E-state index is 0.0188. The second-order valence-electron chi connectivity index (χ2n) is 4.22. The summed E-state index contributed by atoms with van der Waals surface area (Å²) in [6, 6.07) is 9.92. The number of carbonyl (C=O) groups is 1. The van der Waals surface area contributed by atoms with Gasteiger partial charge in [0, 0.05) is 6.04 Å². The summed E-state index contributed by atoms with van der Waals surface area (Å²) in [5, 5.41) is 3.36. The Morgan fingerprint density at radius 2 is 1.95 bits per heavy atom. The smallest absolute Gasteiger partial charge is 0.156 e. The summed E-state index contributed by atoms with van der Waals surface area (Å²) in [6.07, 6.45) is 0.668. The van der Waals surface area contributed by atoms with Crippen molar-refractivity contribution in [1.82, 2.24) is 9.97 Å². The fourth-order valence-corrected chi connectivity index (χ4v) is 2.05. The maximum atomic E-state index is 11.1. The molecule has 5 heteroatoms. The molecule has 0 bridgehead atoms. The predicted molar refractivity (Wildman–Crippen MR) is 75.6 cm³/mol. The van der Waals surface area contributed by atoms with Gasteiger partial charge in [-0.05, 0) is 19.4 Å². The summed E-state index contributed by atoms with van der Waals surface area (Å²) in [7, 11) is 0. The second kappa shape index (κ2) is 5.80. The van der Waals surface area contributed by atoms with Crippen LogP contribution in [0, 0.1) is 6.92 Å². The molecule has 0 radical (unpaired) electrons. The fraction of sp³-hybridized carbons (Fsp3) is 0.214. The largest absolute Gasteiger partial charge is 0.363 e. The number of aldehydes is 1. The molecule has 1 unspecified atom stereocenters. The van der Waals surface area contributed by atoms with Crippen LogP contribution in [0.3, 0.4) is 0 Å². The number of nitrogens with one attached hydrogen (secondary N) is 1. The molecule has 0 aliphatic carbocycles. The molecule has 0 saturated carbocycles. The van der Waals surface area contributed by atoms with Crippen LogP contribution in [-0.2, 0) is 0 Å². The minimum Gasteiger partial charge on any atom is -0.363 e. The minimum atomic E-state index is 0.0188. The van der Waals surface area contributed by atoms with E-state index in [1.807, 2.05) is 37.3 Å². The molecule has 1 heterocycles. The highest BCUT2D eigenvalue weighted by atomic mass is 35.5. The molecule has 19 heavy (non-hydrogen) atoms. The average Bonchev–Trinajstić information content (AvgIpc) is 2.39. The van der Waals surface area contributed by atoms with Crippen LogP contribution in [0.1, 0.15) is 34.7 Å². The van der Waals surface area contributed by atoms with Crippen LogP contribution in [0.15, 0.2) is 30.3 Å². The molecule has 1 aromatic heterocycles. The summed E-state index contributed by atoms with van der Waals surface area (Å²) >= 11 is 5.94. The monoisotopic (exact) mass is 275 g/mol. The van der Waals surface area contributed by atoms with Gasteiger partial charge in [0.15, 0.2) is 6.29 Å². The van der Waals surface area contributed by atoms with Gasteiger partial charge in [-0.2, -0.15) is 0 Å². The SMILES string of the molecule is Cc1nc(Cl)c(C=O)c(NC(C)c2ccccc2)n1. The van der Waals surface area contributed by atoms with Gasteiger partial charge in [0.25, 0.3) is 0 Å². The Bertz CT molecular complexity index is 587. The molecular weight excluding hydrogens is 262 g/mol. The van der Waals surface area contributed by atoms with Gasteiger partial charge in [0.05, 0.1) is 5.56 Å². The Morgan fingerprint density at radius 1 is 1.26 bits per heavy atom. The molecule has 0 saturated heterocycles. The molecular formula is C14H14ClN3O. The average molecular weight is 276 g/mol. The Labute approximate surface area is 116 Å². The number of nitrogens with zero attached hydrogens (tertiary/aromatic N) is 2. The summed E-state index contributed by atoms with van der Waals surface area (Å²) in [5.41, 5.74) is 1.39. The van der Waals surface area contributed by atoms with Crippen molar-refractivity contribution in [3.05, 3.63) is 52.4 Å². The molecule has 2 aromatic rings. The van der Waals surface area contributed by atoms with Crippen LogP contribution in [0.4, 0.5) is 5.82 Å². The number of aromatic nitrogens is 2. The Morgan fingerprint density at radius 3 is 2.58 bits per heavy atom. The highest BCUT2D eigenvalue weighted by molar-refractivity contribution is 6.32. The lowest BCUT2D eigenvalue weighted by Crippen LogP contribution is -2.11. The molecule has 0 amide bonds. The third-order valence-corrected chi connectivity index (χ3v) is 3.07. The second-order valence-corrected chi connectivity index (χ2v) is 4.58. The van der Waals surface area contributed by atoms with Gasteiger partial charge in [-0.25, -0.2) is 9.97 Å². The molecule has 2 rings (SSSR count). The summed E-state index contributed by atoms with van der Waals surface area (Å²) in [4.78, 5) is 19.3. The lowest BCUT2D eigenvalue weighted by atomic mass is 10.1. The van der Waals surface area contributed by atoms with Crippen molar-refractivity contribution in [2.45, 2.75) is 19.9 Å².